The van der Waals surface area contributed by atoms with E-state index in [1.807, 2.05) is 0 Å². The van der Waals surface area contributed by atoms with E-state index in [9.17, 15) is 0 Å². The molecule has 1 aromatic rings. The normalized spacial score (nSPS) is 9.56. The Morgan fingerprint density at radius 3 is 3.00 bits per heavy atom. The number of nitrogens with zero attached hydrogens (tertiary/aromatic N) is 2. The van der Waals surface area contributed by atoms with Gasteiger partial charge in [-0.25, -0.2) is 0 Å². The van der Waals surface area contributed by atoms with E-state index in [1.165, 1.54) is 12.0 Å². The number of hydrogen-bond acceptors (Lipinski definition) is 5. The molecule has 0 radical (unpaired) electrons. The van der Waals surface area contributed by atoms with Crippen molar-refractivity contribution in [2.75, 3.05) is 6.26 Å². The molecule has 0 N–H and O–H groups in total. The van der Waals surface area contributed by atoms with Crippen LogP contribution in [0.25, 0.3) is 0 Å². The Bertz CT molecular complexity index is 192. The third-order valence-corrected chi connectivity index (χ3v) is 1.64. The summed E-state index contributed by atoms with van der Waals surface area (Å²) in [4.78, 5) is 3.73. The van der Waals surface area contributed by atoms with Crippen molar-refractivity contribution < 1.29 is 4.18 Å². The highest BCUT2D eigenvalue weighted by atomic mass is 35.5. The van der Waals surface area contributed by atoms with Gasteiger partial charge in [-0.2, -0.15) is 4.98 Å². The fourth-order valence-corrected chi connectivity index (χ4v) is 1.10. The van der Waals surface area contributed by atoms with E-state index in [1.54, 1.807) is 6.26 Å². The van der Waals surface area contributed by atoms with E-state index >= 15 is 0 Å². The van der Waals surface area contributed by atoms with Crippen molar-refractivity contribution in [1.82, 2.24) is 9.36 Å². The lowest BCUT2D eigenvalue weighted by atomic mass is 11.2. The van der Waals surface area contributed by atoms with E-state index in [2.05, 4.69) is 9.36 Å². The van der Waals surface area contributed by atoms with Gasteiger partial charge in [0, 0.05) is 17.8 Å². The van der Waals surface area contributed by atoms with E-state index in [0.29, 0.717) is 10.5 Å². The summed E-state index contributed by atoms with van der Waals surface area (Å²) in [7, 11) is 0. The first-order valence-electron chi connectivity index (χ1n) is 2.03. The van der Waals surface area contributed by atoms with Gasteiger partial charge in [-0.3, -0.25) is 0 Å². The lowest BCUT2D eigenvalue weighted by molar-refractivity contribution is 0.601. The highest BCUT2D eigenvalue weighted by molar-refractivity contribution is 7.94. The Morgan fingerprint density at radius 1 is 1.78 bits per heavy atom. The standard InChI is InChI=1S/C3H3ClN2OS2/c1-8-7-3-5-2(4)9-6-3/h1H3. The van der Waals surface area contributed by atoms with E-state index in [4.69, 9.17) is 15.8 Å². The monoisotopic (exact) mass is 182 g/mol. The Labute approximate surface area is 65.8 Å². The first-order chi connectivity index (χ1) is 4.33. The summed E-state index contributed by atoms with van der Waals surface area (Å²) in [6, 6.07) is 0.331. The average molecular weight is 183 g/mol. The minimum Gasteiger partial charge on any atom is -0.389 e. The molecule has 50 valence electrons. The van der Waals surface area contributed by atoms with Gasteiger partial charge in [-0.1, -0.05) is 0 Å². The summed E-state index contributed by atoms with van der Waals surface area (Å²) in [6.45, 7) is 0. The molecule has 1 rings (SSSR count). The predicted molar refractivity (Wildman–Crippen MR) is 39.1 cm³/mol. The smallest absolute Gasteiger partial charge is 0.342 e. The second-order valence-electron chi connectivity index (χ2n) is 1.08. The summed E-state index contributed by atoms with van der Waals surface area (Å²) < 4.78 is 9.01. The largest absolute Gasteiger partial charge is 0.389 e. The van der Waals surface area contributed by atoms with Crippen molar-refractivity contribution in [3.63, 3.8) is 0 Å². The minimum absolute atomic E-state index is 0.331. The molecule has 0 saturated carbocycles. The molecule has 1 aromatic heterocycles. The molecule has 9 heavy (non-hydrogen) atoms. The van der Waals surface area contributed by atoms with Crippen molar-refractivity contribution in [3.05, 3.63) is 4.47 Å². The molecule has 0 unspecified atom stereocenters. The molecule has 0 saturated heterocycles. The number of aromatic nitrogens is 2. The molecule has 0 aliphatic carbocycles. The first-order valence-corrected chi connectivity index (χ1v) is 4.33. The first kappa shape index (κ1) is 7.11. The van der Waals surface area contributed by atoms with Crippen LogP contribution in [-0.2, 0) is 0 Å². The van der Waals surface area contributed by atoms with Gasteiger partial charge >= 0.3 is 6.01 Å². The average Bonchev–Trinajstić information content (AvgIpc) is 2.17. The zero-order valence-electron chi connectivity index (χ0n) is 4.50. The van der Waals surface area contributed by atoms with Gasteiger partial charge in [0.2, 0.25) is 4.47 Å². The van der Waals surface area contributed by atoms with Gasteiger partial charge in [0.1, 0.15) is 0 Å². The third kappa shape index (κ3) is 2.00. The molecule has 0 aliphatic heterocycles. The number of rotatable bonds is 2. The third-order valence-electron chi connectivity index (χ3n) is 0.540. The van der Waals surface area contributed by atoms with Gasteiger partial charge in [-0.15, -0.1) is 4.37 Å². The van der Waals surface area contributed by atoms with Crippen LogP contribution in [0.1, 0.15) is 0 Å². The number of halogens is 1. The van der Waals surface area contributed by atoms with Crippen molar-refractivity contribution >= 4 is 35.2 Å². The molecule has 0 fully saturated rings. The molecular weight excluding hydrogens is 180 g/mol. The summed E-state index contributed by atoms with van der Waals surface area (Å²) in [5.41, 5.74) is 0. The summed E-state index contributed by atoms with van der Waals surface area (Å²) in [5, 5.41) is 0. The molecule has 1 heterocycles. The quantitative estimate of drug-likeness (QED) is 0.654. The lowest BCUT2D eigenvalue weighted by Gasteiger charge is -1.87. The highest BCUT2D eigenvalue weighted by Crippen LogP contribution is 2.17. The maximum atomic E-state index is 5.45. The van der Waals surface area contributed by atoms with Gasteiger partial charge in [0.25, 0.3) is 0 Å². The van der Waals surface area contributed by atoms with Crippen molar-refractivity contribution in [2.45, 2.75) is 0 Å². The number of hydrogen-bond donors (Lipinski definition) is 0. The van der Waals surface area contributed by atoms with Crippen LogP contribution in [0.4, 0.5) is 0 Å². The maximum absolute atomic E-state index is 5.45. The highest BCUT2D eigenvalue weighted by Gasteiger charge is 1.99. The van der Waals surface area contributed by atoms with Crippen molar-refractivity contribution in [3.8, 4) is 6.01 Å². The lowest BCUT2D eigenvalue weighted by Crippen LogP contribution is -1.79. The second-order valence-corrected chi connectivity index (χ2v) is 2.91. The second kappa shape index (κ2) is 3.24. The molecule has 0 spiro atoms. The molecule has 0 amide bonds. The van der Waals surface area contributed by atoms with Crippen LogP contribution >= 0.6 is 35.2 Å². The fourth-order valence-electron chi connectivity index (χ4n) is 0.301. The van der Waals surface area contributed by atoms with Crippen molar-refractivity contribution in [1.29, 1.82) is 0 Å². The van der Waals surface area contributed by atoms with Gasteiger partial charge < -0.3 is 4.18 Å². The zero-order valence-corrected chi connectivity index (χ0v) is 6.89. The van der Waals surface area contributed by atoms with E-state index in [0.717, 1.165) is 11.5 Å². The Morgan fingerprint density at radius 2 is 2.56 bits per heavy atom. The van der Waals surface area contributed by atoms with Crippen LogP contribution in [0, 0.1) is 0 Å². The molecular formula is C3H3ClN2OS2. The van der Waals surface area contributed by atoms with Crippen molar-refractivity contribution in [2.24, 2.45) is 0 Å². The van der Waals surface area contributed by atoms with Gasteiger partial charge in [-0.05, 0) is 11.6 Å². The molecule has 0 atom stereocenters. The SMILES string of the molecule is CSOc1nsc(Cl)n1. The van der Waals surface area contributed by atoms with Crippen LogP contribution in [0.5, 0.6) is 6.01 Å². The van der Waals surface area contributed by atoms with Crippen LogP contribution in [0.2, 0.25) is 4.47 Å². The van der Waals surface area contributed by atoms with Gasteiger partial charge in [0.15, 0.2) is 0 Å². The van der Waals surface area contributed by atoms with Crippen LogP contribution < -0.4 is 4.18 Å². The Hall–Kier alpha value is -0.0000000000000000833. The fraction of sp³-hybridized carbons (Fsp3) is 0.333. The van der Waals surface area contributed by atoms with Crippen LogP contribution in [0.15, 0.2) is 0 Å². The molecule has 0 aromatic carbocycles. The minimum atomic E-state index is 0.331. The van der Waals surface area contributed by atoms with E-state index < -0.39 is 0 Å². The van der Waals surface area contributed by atoms with Gasteiger partial charge in [0.05, 0.1) is 12.0 Å². The summed E-state index contributed by atoms with van der Waals surface area (Å²) >= 11 is 7.75. The molecule has 6 heteroatoms. The Balaban J connectivity index is 2.61. The molecule has 0 aliphatic rings. The summed E-state index contributed by atoms with van der Waals surface area (Å²) in [6.07, 6.45) is 1.79. The van der Waals surface area contributed by atoms with Crippen LogP contribution in [-0.4, -0.2) is 15.6 Å². The summed E-state index contributed by atoms with van der Waals surface area (Å²) in [5.74, 6) is 0. The topological polar surface area (TPSA) is 35.0 Å². The van der Waals surface area contributed by atoms with E-state index in [-0.39, 0.29) is 0 Å². The predicted octanol–water partition coefficient (Wildman–Crippen LogP) is 1.85. The molecule has 3 nitrogen and oxygen atoms in total. The molecule has 0 bridgehead atoms. The maximum Gasteiger partial charge on any atom is 0.342 e. The Kier molecular flexibility index (Phi) is 2.56. The zero-order chi connectivity index (χ0) is 6.69. The van der Waals surface area contributed by atoms with Crippen LogP contribution in [0.3, 0.4) is 0 Å².